The first kappa shape index (κ1) is 19.6. The molecule has 30 heavy (non-hydrogen) atoms. The summed E-state index contributed by atoms with van der Waals surface area (Å²) in [5, 5.41) is 16.5. The minimum Gasteiger partial charge on any atom is -0.508 e. The van der Waals surface area contributed by atoms with Crippen molar-refractivity contribution >= 4 is 44.6 Å². The number of fused-ring (bicyclic) bond motifs is 1. The summed E-state index contributed by atoms with van der Waals surface area (Å²) in [6.07, 6.45) is 0.965. The number of nitrogens with zero attached hydrogens (tertiary/aromatic N) is 2. The van der Waals surface area contributed by atoms with Crippen LogP contribution < -0.4 is 16.0 Å². The molecule has 0 aliphatic carbocycles. The number of aromatic nitrogens is 2. The highest BCUT2D eigenvalue weighted by Crippen LogP contribution is 2.33. The minimum absolute atomic E-state index is 0.00505. The molecule has 0 fully saturated rings. The van der Waals surface area contributed by atoms with Crippen molar-refractivity contribution in [2.45, 2.75) is 17.1 Å². The molecule has 4 rings (SSSR count). The van der Waals surface area contributed by atoms with Gasteiger partial charge in [-0.3, -0.25) is 4.79 Å². The fraction of sp³-hybridized carbons (Fsp3) is 0.105. The molecule has 9 nitrogen and oxygen atoms in total. The summed E-state index contributed by atoms with van der Waals surface area (Å²) in [6.45, 7) is 1.32. The van der Waals surface area contributed by atoms with E-state index in [1.165, 1.54) is 37.3 Å². The molecule has 154 valence electrons. The van der Waals surface area contributed by atoms with Crippen LogP contribution in [0.2, 0.25) is 0 Å². The number of sulfone groups is 1. The van der Waals surface area contributed by atoms with Crippen molar-refractivity contribution in [3.63, 3.8) is 0 Å². The van der Waals surface area contributed by atoms with Gasteiger partial charge in [0, 0.05) is 17.4 Å². The number of phenolic OH excluding ortho intramolecular Hbond substituents is 1. The van der Waals surface area contributed by atoms with Crippen LogP contribution in [0.5, 0.6) is 5.75 Å². The van der Waals surface area contributed by atoms with E-state index < -0.39 is 26.8 Å². The van der Waals surface area contributed by atoms with E-state index in [-0.39, 0.29) is 28.1 Å². The number of hydrogen-bond acceptors (Lipinski definition) is 8. The van der Waals surface area contributed by atoms with Crippen molar-refractivity contribution in [1.29, 1.82) is 0 Å². The van der Waals surface area contributed by atoms with E-state index in [0.717, 1.165) is 6.20 Å². The number of hydrogen-bond donors (Lipinski definition) is 4. The fourth-order valence-electron chi connectivity index (χ4n) is 2.88. The Morgan fingerprint density at radius 1 is 1.13 bits per heavy atom. The highest BCUT2D eigenvalue weighted by atomic mass is 32.2. The summed E-state index contributed by atoms with van der Waals surface area (Å²) in [5.74, 6) is -1.41. The number of anilines is 5. The van der Waals surface area contributed by atoms with E-state index in [9.17, 15) is 22.7 Å². The summed E-state index contributed by atoms with van der Waals surface area (Å²) in [7, 11) is -3.78. The van der Waals surface area contributed by atoms with E-state index in [1.807, 2.05) is 0 Å². The molecule has 1 aliphatic heterocycles. The zero-order valence-corrected chi connectivity index (χ0v) is 16.4. The van der Waals surface area contributed by atoms with Gasteiger partial charge in [0.2, 0.25) is 11.9 Å². The molecule has 1 aromatic heterocycles. The molecular weight excluding hydrogens is 413 g/mol. The normalized spacial score (nSPS) is 17.0. The third-order valence-corrected chi connectivity index (χ3v) is 6.60. The van der Waals surface area contributed by atoms with Gasteiger partial charge in [-0.25, -0.2) is 17.8 Å². The lowest BCUT2D eigenvalue weighted by molar-refractivity contribution is -0.115. The summed E-state index contributed by atoms with van der Waals surface area (Å²) in [6, 6.07) is 10.4. The number of halogens is 1. The van der Waals surface area contributed by atoms with Gasteiger partial charge in [0.15, 0.2) is 21.5 Å². The predicted octanol–water partition coefficient (Wildman–Crippen LogP) is 2.92. The molecule has 11 heteroatoms. The van der Waals surface area contributed by atoms with Crippen LogP contribution in [0, 0.1) is 5.82 Å². The second kappa shape index (κ2) is 7.26. The molecule has 1 aliphatic rings. The maximum absolute atomic E-state index is 14.2. The highest BCUT2D eigenvalue weighted by Gasteiger charge is 2.36. The lowest BCUT2D eigenvalue weighted by Gasteiger charge is -2.22. The van der Waals surface area contributed by atoms with Crippen molar-refractivity contribution < 1.29 is 22.7 Å². The molecule has 1 unspecified atom stereocenters. The van der Waals surface area contributed by atoms with Crippen molar-refractivity contribution in [2.24, 2.45) is 0 Å². The second-order valence-corrected chi connectivity index (χ2v) is 8.81. The van der Waals surface area contributed by atoms with Crippen LogP contribution in [-0.4, -0.2) is 34.6 Å². The fourth-order valence-corrected chi connectivity index (χ4v) is 4.28. The van der Waals surface area contributed by atoms with Crippen molar-refractivity contribution in [3.05, 3.63) is 54.5 Å². The first-order chi connectivity index (χ1) is 14.2. The Labute approximate surface area is 170 Å². The number of nitrogens with one attached hydrogen (secondary N) is 3. The summed E-state index contributed by atoms with van der Waals surface area (Å²) >= 11 is 0. The standard InChI is InChI=1S/C19H16FN5O4S/c1-10-18(27)24-15-8-12(5-6-16(15)30(10,28)29)22-17-14(20)9-21-19(25-17)23-11-3-2-4-13(26)7-11/h2-10,26H,1H3,(H,24,27)(H2,21,22,23,25). The average Bonchev–Trinajstić information content (AvgIpc) is 2.69. The molecule has 3 aromatic rings. The first-order valence-corrected chi connectivity index (χ1v) is 10.3. The van der Waals surface area contributed by atoms with Crippen LogP contribution in [-0.2, 0) is 14.6 Å². The lowest BCUT2D eigenvalue weighted by atomic mass is 10.2. The molecule has 0 spiro atoms. The summed E-state index contributed by atoms with van der Waals surface area (Å²) in [5.41, 5.74) is 0.929. The van der Waals surface area contributed by atoms with Gasteiger partial charge in [-0.05, 0) is 37.3 Å². The van der Waals surface area contributed by atoms with Gasteiger partial charge < -0.3 is 21.1 Å². The number of phenols is 1. The quantitative estimate of drug-likeness (QED) is 0.498. The van der Waals surface area contributed by atoms with Crippen LogP contribution in [0.15, 0.2) is 53.6 Å². The number of aromatic hydroxyl groups is 1. The first-order valence-electron chi connectivity index (χ1n) is 8.78. The van der Waals surface area contributed by atoms with Crippen molar-refractivity contribution in [1.82, 2.24) is 9.97 Å². The average molecular weight is 429 g/mol. The van der Waals surface area contributed by atoms with Crippen LogP contribution in [0.4, 0.5) is 33.2 Å². The molecule has 1 amide bonds. The molecule has 0 saturated heterocycles. The summed E-state index contributed by atoms with van der Waals surface area (Å²) in [4.78, 5) is 19.8. The van der Waals surface area contributed by atoms with Gasteiger partial charge in [0.25, 0.3) is 0 Å². The SMILES string of the molecule is CC1C(=O)Nc2cc(Nc3nc(Nc4cccc(O)c4)ncc3F)ccc2S1(=O)=O. The molecule has 2 aromatic carbocycles. The van der Waals surface area contributed by atoms with Crippen LogP contribution in [0.1, 0.15) is 6.92 Å². The summed E-state index contributed by atoms with van der Waals surface area (Å²) < 4.78 is 39.0. The van der Waals surface area contributed by atoms with Gasteiger partial charge in [0.1, 0.15) is 11.0 Å². The molecule has 4 N–H and O–H groups in total. The molecular formula is C19H16FN5O4S. The number of carbonyl (C=O) groups excluding carboxylic acids is 1. The minimum atomic E-state index is -3.78. The molecule has 0 radical (unpaired) electrons. The van der Waals surface area contributed by atoms with Gasteiger partial charge in [-0.2, -0.15) is 4.98 Å². The van der Waals surface area contributed by atoms with Crippen LogP contribution in [0.25, 0.3) is 0 Å². The zero-order chi connectivity index (χ0) is 21.5. The smallest absolute Gasteiger partial charge is 0.242 e. The van der Waals surface area contributed by atoms with Gasteiger partial charge in [0.05, 0.1) is 16.8 Å². The number of benzene rings is 2. The van der Waals surface area contributed by atoms with E-state index in [4.69, 9.17) is 0 Å². The monoisotopic (exact) mass is 429 g/mol. The highest BCUT2D eigenvalue weighted by molar-refractivity contribution is 7.93. The Morgan fingerprint density at radius 3 is 2.67 bits per heavy atom. The van der Waals surface area contributed by atoms with Crippen LogP contribution >= 0.6 is 0 Å². The Hall–Kier alpha value is -3.73. The molecule has 2 heterocycles. The van der Waals surface area contributed by atoms with Gasteiger partial charge in [-0.15, -0.1) is 0 Å². The van der Waals surface area contributed by atoms with Gasteiger partial charge >= 0.3 is 0 Å². The number of carbonyl (C=O) groups is 1. The van der Waals surface area contributed by atoms with Crippen molar-refractivity contribution in [2.75, 3.05) is 16.0 Å². The predicted molar refractivity (Wildman–Crippen MR) is 108 cm³/mol. The van der Waals surface area contributed by atoms with E-state index in [1.54, 1.807) is 12.1 Å². The molecule has 1 atom stereocenters. The maximum atomic E-state index is 14.2. The number of rotatable bonds is 4. The van der Waals surface area contributed by atoms with E-state index >= 15 is 0 Å². The largest absolute Gasteiger partial charge is 0.508 e. The molecule has 0 bridgehead atoms. The maximum Gasteiger partial charge on any atom is 0.242 e. The molecule has 0 saturated carbocycles. The Morgan fingerprint density at radius 2 is 1.90 bits per heavy atom. The third kappa shape index (κ3) is 3.62. The number of amides is 1. The Kier molecular flexibility index (Phi) is 4.74. The second-order valence-electron chi connectivity index (χ2n) is 6.58. The Bertz CT molecular complexity index is 1270. The van der Waals surface area contributed by atoms with E-state index in [2.05, 4.69) is 25.9 Å². The third-order valence-electron chi connectivity index (χ3n) is 4.49. The van der Waals surface area contributed by atoms with Crippen molar-refractivity contribution in [3.8, 4) is 5.75 Å². The topological polar surface area (TPSA) is 133 Å². The lowest BCUT2D eigenvalue weighted by Crippen LogP contribution is -2.37. The van der Waals surface area contributed by atoms with Gasteiger partial charge in [-0.1, -0.05) is 6.07 Å². The Balaban J connectivity index is 1.62. The van der Waals surface area contributed by atoms with Crippen LogP contribution in [0.3, 0.4) is 0 Å². The van der Waals surface area contributed by atoms with E-state index in [0.29, 0.717) is 11.4 Å². The zero-order valence-electron chi connectivity index (χ0n) is 15.5.